The van der Waals surface area contributed by atoms with E-state index in [-0.39, 0.29) is 23.4 Å². The van der Waals surface area contributed by atoms with Gasteiger partial charge >= 0.3 is 5.97 Å². The second kappa shape index (κ2) is 12.7. The third kappa shape index (κ3) is 7.28. The number of benzene rings is 2. The molecule has 1 saturated carbocycles. The van der Waals surface area contributed by atoms with Crippen molar-refractivity contribution in [3.8, 4) is 22.6 Å². The maximum absolute atomic E-state index is 14.6. The van der Waals surface area contributed by atoms with Crippen LogP contribution in [0.3, 0.4) is 0 Å². The molecule has 0 unspecified atom stereocenters. The first kappa shape index (κ1) is 25.2. The van der Waals surface area contributed by atoms with Crippen LogP contribution < -0.4 is 9.47 Å². The van der Waals surface area contributed by atoms with Crippen LogP contribution in [0.2, 0.25) is 0 Å². The molecule has 2 aromatic carbocycles. The third-order valence-corrected chi connectivity index (χ3v) is 6.45. The molecule has 5 heteroatoms. The molecule has 0 aliphatic heterocycles. The van der Waals surface area contributed by atoms with Gasteiger partial charge < -0.3 is 9.47 Å². The van der Waals surface area contributed by atoms with E-state index in [2.05, 4.69) is 13.8 Å². The maximum Gasteiger partial charge on any atom is 0.314 e. The molecule has 0 atom stereocenters. The zero-order valence-corrected chi connectivity index (χ0v) is 19.9. The quantitative estimate of drug-likeness (QED) is 0.173. The van der Waals surface area contributed by atoms with E-state index >= 15 is 0 Å². The SMILES string of the molecule is CCCCCCOc1ccc(-c2ccc(OC(=O)C3CC(CCCCC)C3)c(F)c2)cc1F. The van der Waals surface area contributed by atoms with E-state index in [9.17, 15) is 13.6 Å². The Balaban J connectivity index is 1.53. The summed E-state index contributed by atoms with van der Waals surface area (Å²) in [7, 11) is 0. The molecule has 0 amide bonds. The fourth-order valence-corrected chi connectivity index (χ4v) is 4.31. The van der Waals surface area contributed by atoms with Crippen LogP contribution in [-0.4, -0.2) is 12.6 Å². The van der Waals surface area contributed by atoms with Crippen molar-refractivity contribution >= 4 is 5.97 Å². The van der Waals surface area contributed by atoms with Gasteiger partial charge in [-0.3, -0.25) is 4.79 Å². The molecule has 0 heterocycles. The van der Waals surface area contributed by atoms with Gasteiger partial charge in [-0.1, -0.05) is 70.9 Å². The van der Waals surface area contributed by atoms with Gasteiger partial charge in [0.2, 0.25) is 0 Å². The summed E-state index contributed by atoms with van der Waals surface area (Å²) in [6.07, 6.45) is 10.7. The molecular weight excluding hydrogens is 422 g/mol. The summed E-state index contributed by atoms with van der Waals surface area (Å²) in [5.41, 5.74) is 1.05. The van der Waals surface area contributed by atoms with Gasteiger partial charge in [0.25, 0.3) is 0 Å². The first-order valence-electron chi connectivity index (χ1n) is 12.5. The van der Waals surface area contributed by atoms with Crippen LogP contribution in [0.1, 0.15) is 78.1 Å². The molecule has 0 bridgehead atoms. The van der Waals surface area contributed by atoms with Gasteiger partial charge in [-0.15, -0.1) is 0 Å². The lowest BCUT2D eigenvalue weighted by molar-refractivity contribution is -0.143. The molecule has 33 heavy (non-hydrogen) atoms. The Hall–Kier alpha value is -2.43. The third-order valence-electron chi connectivity index (χ3n) is 6.45. The highest BCUT2D eigenvalue weighted by atomic mass is 19.1. The predicted octanol–water partition coefficient (Wildman–Crippen LogP) is 8.10. The Morgan fingerprint density at radius 2 is 1.45 bits per heavy atom. The fraction of sp³-hybridized carbons (Fsp3) is 0.536. The largest absolute Gasteiger partial charge is 0.491 e. The number of esters is 1. The number of unbranched alkanes of at least 4 members (excludes halogenated alkanes) is 5. The number of rotatable bonds is 13. The maximum atomic E-state index is 14.6. The minimum atomic E-state index is -0.628. The van der Waals surface area contributed by atoms with E-state index < -0.39 is 11.6 Å². The Bertz CT molecular complexity index is 906. The van der Waals surface area contributed by atoms with Crippen molar-refractivity contribution in [3.05, 3.63) is 48.0 Å². The van der Waals surface area contributed by atoms with E-state index in [1.807, 2.05) is 0 Å². The molecule has 3 nitrogen and oxygen atoms in total. The van der Waals surface area contributed by atoms with Gasteiger partial charge in [0.05, 0.1) is 12.5 Å². The van der Waals surface area contributed by atoms with Crippen LogP contribution >= 0.6 is 0 Å². The monoisotopic (exact) mass is 458 g/mol. The zero-order chi connectivity index (χ0) is 23.6. The second-order valence-electron chi connectivity index (χ2n) is 9.15. The van der Waals surface area contributed by atoms with E-state index in [4.69, 9.17) is 9.47 Å². The van der Waals surface area contributed by atoms with Crippen LogP contribution in [-0.2, 0) is 4.79 Å². The molecule has 0 aromatic heterocycles. The first-order chi connectivity index (χ1) is 16.0. The topological polar surface area (TPSA) is 35.5 Å². The van der Waals surface area contributed by atoms with Crippen molar-refractivity contribution in [1.29, 1.82) is 0 Å². The van der Waals surface area contributed by atoms with Gasteiger partial charge in [0, 0.05) is 0 Å². The lowest BCUT2D eigenvalue weighted by Gasteiger charge is -2.33. The summed E-state index contributed by atoms with van der Waals surface area (Å²) in [4.78, 5) is 12.4. The summed E-state index contributed by atoms with van der Waals surface area (Å²) < 4.78 is 39.9. The Morgan fingerprint density at radius 3 is 2.06 bits per heavy atom. The van der Waals surface area contributed by atoms with Gasteiger partial charge in [0.15, 0.2) is 23.1 Å². The molecule has 3 rings (SSSR count). The molecule has 0 saturated heterocycles. The lowest BCUT2D eigenvalue weighted by Crippen LogP contribution is -2.33. The highest BCUT2D eigenvalue weighted by molar-refractivity contribution is 5.76. The van der Waals surface area contributed by atoms with Crippen LogP contribution in [0.25, 0.3) is 11.1 Å². The average Bonchev–Trinajstić information content (AvgIpc) is 2.77. The summed E-state index contributed by atoms with van der Waals surface area (Å²) in [5, 5.41) is 0. The summed E-state index contributed by atoms with van der Waals surface area (Å²) >= 11 is 0. The number of ether oxygens (including phenoxy) is 2. The second-order valence-corrected chi connectivity index (χ2v) is 9.15. The molecule has 0 radical (unpaired) electrons. The fourth-order valence-electron chi connectivity index (χ4n) is 4.31. The zero-order valence-electron chi connectivity index (χ0n) is 19.9. The lowest BCUT2D eigenvalue weighted by atomic mass is 9.72. The normalized spacial score (nSPS) is 17.5. The van der Waals surface area contributed by atoms with E-state index in [0.29, 0.717) is 23.7 Å². The number of carbonyl (C=O) groups excluding carboxylic acids is 1. The predicted molar refractivity (Wildman–Crippen MR) is 127 cm³/mol. The van der Waals surface area contributed by atoms with Crippen LogP contribution in [0, 0.1) is 23.5 Å². The van der Waals surface area contributed by atoms with Crippen molar-refractivity contribution in [2.45, 2.75) is 78.1 Å². The van der Waals surface area contributed by atoms with Gasteiger partial charge in [0.1, 0.15) is 0 Å². The summed E-state index contributed by atoms with van der Waals surface area (Å²) in [5.74, 6) is -0.895. The number of carbonyl (C=O) groups is 1. The molecule has 1 aliphatic carbocycles. The molecule has 0 spiro atoms. The van der Waals surface area contributed by atoms with Crippen molar-refractivity contribution in [2.75, 3.05) is 6.61 Å². The summed E-state index contributed by atoms with van der Waals surface area (Å²) in [6, 6.07) is 8.98. The van der Waals surface area contributed by atoms with E-state index in [1.54, 1.807) is 18.2 Å². The molecule has 2 aromatic rings. The van der Waals surface area contributed by atoms with Gasteiger partial charge in [-0.2, -0.15) is 0 Å². The Kier molecular flexibility index (Phi) is 9.71. The molecule has 180 valence electrons. The molecular formula is C28H36F2O3. The summed E-state index contributed by atoms with van der Waals surface area (Å²) in [6.45, 7) is 4.79. The van der Waals surface area contributed by atoms with E-state index in [1.165, 1.54) is 37.5 Å². The highest BCUT2D eigenvalue weighted by Crippen LogP contribution is 2.38. The van der Waals surface area contributed by atoms with Crippen LogP contribution in [0.4, 0.5) is 8.78 Å². The number of halogens is 2. The Morgan fingerprint density at radius 1 is 0.848 bits per heavy atom. The standard InChI is InChI=1S/C28H36F2O3/c1-3-5-7-9-15-32-26-13-11-21(18-24(26)29)22-12-14-27(25(30)19-22)33-28(31)23-16-20(17-23)10-8-6-4-2/h11-14,18-20,23H,3-10,15-17H2,1-2H3. The average molecular weight is 459 g/mol. The Labute approximate surface area is 196 Å². The minimum Gasteiger partial charge on any atom is -0.491 e. The highest BCUT2D eigenvalue weighted by Gasteiger charge is 2.35. The minimum absolute atomic E-state index is 0.0781. The smallest absolute Gasteiger partial charge is 0.314 e. The van der Waals surface area contributed by atoms with Crippen LogP contribution in [0.15, 0.2) is 36.4 Å². The first-order valence-corrected chi connectivity index (χ1v) is 12.5. The van der Waals surface area contributed by atoms with Crippen molar-refractivity contribution < 1.29 is 23.0 Å². The number of hydrogen-bond donors (Lipinski definition) is 0. The van der Waals surface area contributed by atoms with Gasteiger partial charge in [-0.25, -0.2) is 8.78 Å². The molecule has 1 aliphatic rings. The van der Waals surface area contributed by atoms with Crippen LogP contribution in [0.5, 0.6) is 11.5 Å². The number of hydrogen-bond acceptors (Lipinski definition) is 3. The van der Waals surface area contributed by atoms with Crippen molar-refractivity contribution in [1.82, 2.24) is 0 Å². The van der Waals surface area contributed by atoms with Crippen molar-refractivity contribution in [3.63, 3.8) is 0 Å². The molecule has 1 fully saturated rings. The van der Waals surface area contributed by atoms with Gasteiger partial charge in [-0.05, 0) is 60.6 Å². The van der Waals surface area contributed by atoms with E-state index in [0.717, 1.165) is 44.9 Å². The van der Waals surface area contributed by atoms with Crippen molar-refractivity contribution in [2.24, 2.45) is 11.8 Å². The molecule has 0 N–H and O–H groups in total.